The maximum absolute atomic E-state index is 12.4. The van der Waals surface area contributed by atoms with Crippen LogP contribution in [0.2, 0.25) is 0 Å². The summed E-state index contributed by atoms with van der Waals surface area (Å²) in [5, 5.41) is 2.61. The highest BCUT2D eigenvalue weighted by molar-refractivity contribution is 6.04. The van der Waals surface area contributed by atoms with Crippen LogP contribution in [-0.4, -0.2) is 31.8 Å². The van der Waals surface area contributed by atoms with E-state index in [1.807, 2.05) is 18.4 Å². The van der Waals surface area contributed by atoms with Crippen LogP contribution >= 0.6 is 0 Å². The molecule has 4 aromatic rings. The number of alkyl halides is 3. The summed E-state index contributed by atoms with van der Waals surface area (Å²) >= 11 is 0. The van der Waals surface area contributed by atoms with E-state index in [-0.39, 0.29) is 5.56 Å². The molecule has 0 unspecified atom stereocenters. The summed E-state index contributed by atoms with van der Waals surface area (Å²) in [6.07, 6.45) is -1.80. The summed E-state index contributed by atoms with van der Waals surface area (Å²) < 4.78 is 48.6. The third-order valence-corrected chi connectivity index (χ3v) is 4.79. The normalized spacial score (nSPS) is 11.2. The van der Waals surface area contributed by atoms with Gasteiger partial charge in [0, 0.05) is 23.0 Å². The smallest absolute Gasteiger partial charge is 0.439 e. The molecule has 0 aliphatic heterocycles. The number of anilines is 1. The van der Waals surface area contributed by atoms with Crippen molar-refractivity contribution < 1.29 is 27.4 Å². The van der Waals surface area contributed by atoms with Crippen LogP contribution in [0, 0.1) is 13.8 Å². The van der Waals surface area contributed by atoms with Crippen molar-refractivity contribution in [2.75, 3.05) is 5.32 Å². The van der Waals surface area contributed by atoms with E-state index in [9.17, 15) is 18.0 Å². The number of benzene rings is 2. The second kappa shape index (κ2) is 9.22. The summed E-state index contributed by atoms with van der Waals surface area (Å²) in [6.45, 7) is 3.83. The Hall–Kier alpha value is -4.41. The van der Waals surface area contributed by atoms with Crippen LogP contribution in [0.4, 0.5) is 18.9 Å². The van der Waals surface area contributed by atoms with Crippen LogP contribution in [0.3, 0.4) is 0 Å². The number of carbonyl (C=O) groups is 1. The first-order valence-corrected chi connectivity index (χ1v) is 9.96. The SMILES string of the molecule is Cc1ncn(-c2cc(Oc3ccc(NC(=O)c4cccc(OC(F)(F)F)c4)cc3)ncn2)c1C. The zero-order valence-electron chi connectivity index (χ0n) is 18.0. The van der Waals surface area contributed by atoms with Crippen molar-refractivity contribution in [2.45, 2.75) is 20.2 Å². The van der Waals surface area contributed by atoms with E-state index in [1.165, 1.54) is 18.5 Å². The summed E-state index contributed by atoms with van der Waals surface area (Å²) in [5.74, 6) is 0.307. The highest BCUT2D eigenvalue weighted by Gasteiger charge is 2.31. The molecule has 2 aromatic heterocycles. The summed E-state index contributed by atoms with van der Waals surface area (Å²) in [7, 11) is 0. The summed E-state index contributed by atoms with van der Waals surface area (Å²) in [4.78, 5) is 25.0. The molecule has 2 heterocycles. The average Bonchev–Trinajstić information content (AvgIpc) is 3.12. The Morgan fingerprint density at radius 1 is 0.971 bits per heavy atom. The molecule has 2 aromatic carbocycles. The van der Waals surface area contributed by atoms with Gasteiger partial charge in [-0.05, 0) is 56.3 Å². The van der Waals surface area contributed by atoms with E-state index in [2.05, 4.69) is 25.0 Å². The second-order valence-corrected chi connectivity index (χ2v) is 7.16. The average molecular weight is 469 g/mol. The molecule has 0 aliphatic carbocycles. The van der Waals surface area contributed by atoms with Crippen LogP contribution in [0.1, 0.15) is 21.7 Å². The lowest BCUT2D eigenvalue weighted by Gasteiger charge is -2.11. The third kappa shape index (κ3) is 5.49. The van der Waals surface area contributed by atoms with Crippen molar-refractivity contribution in [2.24, 2.45) is 0 Å². The fraction of sp³-hybridized carbons (Fsp3) is 0.130. The molecule has 0 fully saturated rings. The quantitative estimate of drug-likeness (QED) is 0.416. The minimum absolute atomic E-state index is 0.0145. The van der Waals surface area contributed by atoms with Gasteiger partial charge in [-0.1, -0.05) is 6.07 Å². The zero-order chi connectivity index (χ0) is 24.3. The first kappa shape index (κ1) is 22.8. The van der Waals surface area contributed by atoms with Crippen LogP contribution < -0.4 is 14.8 Å². The molecular formula is C23H18F3N5O3. The molecule has 0 saturated carbocycles. The highest BCUT2D eigenvalue weighted by Crippen LogP contribution is 2.25. The second-order valence-electron chi connectivity index (χ2n) is 7.16. The Balaban J connectivity index is 1.42. The van der Waals surface area contributed by atoms with Crippen LogP contribution in [0.25, 0.3) is 5.82 Å². The van der Waals surface area contributed by atoms with Crippen LogP contribution in [0.5, 0.6) is 17.4 Å². The molecule has 1 N–H and O–H groups in total. The molecule has 8 nitrogen and oxygen atoms in total. The van der Waals surface area contributed by atoms with Gasteiger partial charge in [-0.3, -0.25) is 9.36 Å². The zero-order valence-corrected chi connectivity index (χ0v) is 18.0. The van der Waals surface area contributed by atoms with Gasteiger partial charge in [-0.15, -0.1) is 13.2 Å². The molecule has 174 valence electrons. The Labute approximate surface area is 192 Å². The maximum Gasteiger partial charge on any atom is 0.573 e. The Bertz CT molecular complexity index is 1320. The predicted molar refractivity (Wildman–Crippen MR) is 116 cm³/mol. The number of halogens is 3. The van der Waals surface area contributed by atoms with E-state index in [0.717, 1.165) is 23.5 Å². The minimum Gasteiger partial charge on any atom is -0.439 e. The van der Waals surface area contributed by atoms with Crippen molar-refractivity contribution in [1.82, 2.24) is 19.5 Å². The number of nitrogens with zero attached hydrogens (tertiary/aromatic N) is 4. The fourth-order valence-corrected chi connectivity index (χ4v) is 3.01. The van der Waals surface area contributed by atoms with Crippen LogP contribution in [0.15, 0.2) is 67.3 Å². The third-order valence-electron chi connectivity index (χ3n) is 4.79. The lowest BCUT2D eigenvalue weighted by molar-refractivity contribution is -0.274. The van der Waals surface area contributed by atoms with Gasteiger partial charge in [-0.25, -0.2) is 15.0 Å². The molecule has 0 spiro atoms. The van der Waals surface area contributed by atoms with Crippen molar-refractivity contribution in [3.05, 3.63) is 84.2 Å². The number of nitrogens with one attached hydrogen (secondary N) is 1. The number of rotatable bonds is 6. The molecule has 0 saturated heterocycles. The molecule has 4 rings (SSSR count). The number of aromatic nitrogens is 4. The lowest BCUT2D eigenvalue weighted by Crippen LogP contribution is -2.18. The minimum atomic E-state index is -4.84. The van der Waals surface area contributed by atoms with Crippen LogP contribution in [-0.2, 0) is 0 Å². The van der Waals surface area contributed by atoms with Gasteiger partial charge in [0.2, 0.25) is 5.88 Å². The number of carbonyl (C=O) groups excluding carboxylic acids is 1. The highest BCUT2D eigenvalue weighted by atomic mass is 19.4. The molecule has 0 atom stereocenters. The number of aryl methyl sites for hydroxylation is 1. The molecule has 11 heteroatoms. The van der Waals surface area contributed by atoms with Gasteiger partial charge >= 0.3 is 6.36 Å². The number of amides is 1. The predicted octanol–water partition coefficient (Wildman–Crippen LogP) is 5.22. The largest absolute Gasteiger partial charge is 0.573 e. The lowest BCUT2D eigenvalue weighted by atomic mass is 10.2. The van der Waals surface area contributed by atoms with Gasteiger partial charge in [0.05, 0.1) is 5.69 Å². The standard InChI is InChI=1S/C23H18F3N5O3/c1-14-15(2)31(13-29-14)20-11-21(28-12-27-20)33-18-8-6-17(7-9-18)30-22(32)16-4-3-5-19(10-16)34-23(24,25)26/h3-13H,1-2H3,(H,30,32). The van der Waals surface area contributed by atoms with Gasteiger partial charge in [0.15, 0.2) is 0 Å². The number of imidazole rings is 1. The number of ether oxygens (including phenoxy) is 2. The van der Waals surface area contributed by atoms with Crippen molar-refractivity contribution in [3.8, 4) is 23.2 Å². The number of hydrogen-bond donors (Lipinski definition) is 1. The van der Waals surface area contributed by atoms with Crippen molar-refractivity contribution in [1.29, 1.82) is 0 Å². The maximum atomic E-state index is 12.4. The Morgan fingerprint density at radius 3 is 2.41 bits per heavy atom. The molecule has 0 bridgehead atoms. The molecule has 34 heavy (non-hydrogen) atoms. The molecular weight excluding hydrogens is 451 g/mol. The van der Waals surface area contributed by atoms with Gasteiger partial charge in [0.25, 0.3) is 5.91 Å². The molecule has 0 aliphatic rings. The Kier molecular flexibility index (Phi) is 6.17. The van der Waals surface area contributed by atoms with Gasteiger partial charge in [0.1, 0.15) is 30.0 Å². The van der Waals surface area contributed by atoms with Gasteiger partial charge < -0.3 is 14.8 Å². The molecule has 0 radical (unpaired) electrons. The van der Waals surface area contributed by atoms with Crippen molar-refractivity contribution >= 4 is 11.6 Å². The first-order chi connectivity index (χ1) is 16.2. The van der Waals surface area contributed by atoms with E-state index in [1.54, 1.807) is 36.7 Å². The first-order valence-electron chi connectivity index (χ1n) is 9.96. The van der Waals surface area contributed by atoms with E-state index >= 15 is 0 Å². The summed E-state index contributed by atoms with van der Waals surface area (Å²) in [5.41, 5.74) is 2.27. The Morgan fingerprint density at radius 2 is 1.74 bits per heavy atom. The van der Waals surface area contributed by atoms with Gasteiger partial charge in [-0.2, -0.15) is 0 Å². The molecule has 1 amide bonds. The summed E-state index contributed by atoms with van der Waals surface area (Å²) in [6, 6.07) is 12.9. The number of hydrogen-bond acceptors (Lipinski definition) is 6. The fourth-order valence-electron chi connectivity index (χ4n) is 3.01. The topological polar surface area (TPSA) is 91.2 Å². The van der Waals surface area contributed by atoms with E-state index < -0.39 is 18.0 Å². The van der Waals surface area contributed by atoms with Crippen molar-refractivity contribution in [3.63, 3.8) is 0 Å². The van der Waals surface area contributed by atoms with E-state index in [4.69, 9.17) is 4.74 Å². The van der Waals surface area contributed by atoms with E-state index in [0.29, 0.717) is 23.1 Å². The monoisotopic (exact) mass is 469 g/mol.